The van der Waals surface area contributed by atoms with E-state index < -0.39 is 5.91 Å². The number of aromatic nitrogens is 2. The zero-order valence-electron chi connectivity index (χ0n) is 8.06. The Morgan fingerprint density at radius 1 is 1.47 bits per heavy atom. The third kappa shape index (κ3) is 3.89. The van der Waals surface area contributed by atoms with Crippen molar-refractivity contribution in [3.8, 4) is 0 Å². The molecule has 6 N–H and O–H groups in total. The Labute approximate surface area is 111 Å². The number of amides is 1. The van der Waals surface area contributed by atoms with E-state index in [0.29, 0.717) is 5.69 Å². The van der Waals surface area contributed by atoms with Crippen molar-refractivity contribution in [2.24, 2.45) is 16.5 Å². The maximum absolute atomic E-state index is 11.3. The molecule has 1 amide bonds. The van der Waals surface area contributed by atoms with Crippen LogP contribution in [-0.4, -0.2) is 21.8 Å². The Morgan fingerprint density at radius 2 is 2.07 bits per heavy atom. The molecule has 1 heterocycles. The molecule has 0 bridgehead atoms. The second-order valence-corrected chi connectivity index (χ2v) is 2.50. The average Bonchev–Trinajstić information content (AvgIpc) is 2.08. The number of hydrogen-bond donors (Lipinski definition) is 3. The summed E-state index contributed by atoms with van der Waals surface area (Å²) in [4.78, 5) is 22.0. The molecule has 1 aromatic rings. The number of nitrogens with two attached hydrogens (primary N) is 3. The summed E-state index contributed by atoms with van der Waals surface area (Å²) < 4.78 is 0. The van der Waals surface area contributed by atoms with Gasteiger partial charge in [0.15, 0.2) is 5.96 Å². The number of rotatable bonds is 1. The van der Waals surface area contributed by atoms with Gasteiger partial charge in [0.2, 0.25) is 0 Å². The standard InChI is InChI=1S/C7H9N6O.Y/c1-3-2-11-5(8)4(12-3)6(14)13-7(9)10;/h1H3,(H2,8,11)(H4,9,10,13,14);/q-1;. The molecular formula is C7H9N6OY-. The second-order valence-electron chi connectivity index (χ2n) is 2.50. The number of aryl methyl sites for hydroxylation is 1. The van der Waals surface area contributed by atoms with Crippen molar-refractivity contribution >= 4 is 17.7 Å². The predicted molar refractivity (Wildman–Crippen MR) is 50.2 cm³/mol. The summed E-state index contributed by atoms with van der Waals surface area (Å²) in [5.74, 6) is -1.11. The normalized spacial score (nSPS) is 8.87. The van der Waals surface area contributed by atoms with Crippen molar-refractivity contribution in [3.05, 3.63) is 17.6 Å². The molecule has 0 aliphatic rings. The van der Waals surface area contributed by atoms with Gasteiger partial charge in [-0.3, -0.25) is 9.78 Å². The van der Waals surface area contributed by atoms with Crippen LogP contribution in [0.25, 0.3) is 0 Å². The van der Waals surface area contributed by atoms with E-state index in [2.05, 4.69) is 21.2 Å². The smallest absolute Gasteiger partial charge is 0.283 e. The molecule has 1 aromatic heterocycles. The first-order valence-electron chi connectivity index (χ1n) is 3.66. The maximum atomic E-state index is 11.3. The van der Waals surface area contributed by atoms with Crippen molar-refractivity contribution in [1.82, 2.24) is 9.97 Å². The van der Waals surface area contributed by atoms with E-state index in [1.165, 1.54) is 0 Å². The van der Waals surface area contributed by atoms with Gasteiger partial charge in [0.1, 0.15) is 0 Å². The molecule has 7 nitrogen and oxygen atoms in total. The Balaban J connectivity index is 0.00000196. The second kappa shape index (κ2) is 5.72. The van der Waals surface area contributed by atoms with Crippen LogP contribution in [0.2, 0.25) is 0 Å². The minimum absolute atomic E-state index is 0. The van der Waals surface area contributed by atoms with E-state index in [0.717, 1.165) is 0 Å². The van der Waals surface area contributed by atoms with Crippen LogP contribution in [0.3, 0.4) is 0 Å². The summed E-state index contributed by atoms with van der Waals surface area (Å²) in [6, 6.07) is 0. The zero-order valence-corrected chi connectivity index (χ0v) is 10.9. The van der Waals surface area contributed by atoms with Crippen molar-refractivity contribution < 1.29 is 37.5 Å². The third-order valence-electron chi connectivity index (χ3n) is 1.29. The van der Waals surface area contributed by atoms with E-state index >= 15 is 0 Å². The van der Waals surface area contributed by atoms with Gasteiger partial charge in [0.25, 0.3) is 5.91 Å². The molecule has 0 saturated heterocycles. The number of nitrogen functional groups attached to an aromatic ring is 1. The SMILES string of the molecule is Cc1[c-]nc(N)c(C(=O)N=C(N)N)n1.[Y]. The van der Waals surface area contributed by atoms with Crippen LogP contribution in [-0.2, 0) is 32.7 Å². The van der Waals surface area contributed by atoms with E-state index in [-0.39, 0.29) is 50.2 Å². The molecule has 77 valence electrons. The van der Waals surface area contributed by atoms with Gasteiger partial charge < -0.3 is 22.2 Å². The number of guanidine groups is 1. The molecule has 1 radical (unpaired) electrons. The predicted octanol–water partition coefficient (Wildman–Crippen LogP) is -1.42. The monoisotopic (exact) mass is 282 g/mol. The summed E-state index contributed by atoms with van der Waals surface area (Å²) in [5, 5.41) is 0. The quantitative estimate of drug-likeness (QED) is 0.329. The molecule has 1 rings (SSSR count). The molecular weight excluding hydrogens is 273 g/mol. The number of aliphatic imine (C=N–C) groups is 1. The molecule has 0 unspecified atom stereocenters. The largest absolute Gasteiger partial charge is 0.458 e. The van der Waals surface area contributed by atoms with E-state index in [4.69, 9.17) is 17.2 Å². The summed E-state index contributed by atoms with van der Waals surface area (Å²) in [6.07, 6.45) is 2.50. The number of carbonyl (C=O) groups is 1. The van der Waals surface area contributed by atoms with Crippen LogP contribution in [0.15, 0.2) is 4.99 Å². The third-order valence-corrected chi connectivity index (χ3v) is 1.29. The van der Waals surface area contributed by atoms with Gasteiger partial charge in [-0.1, -0.05) is 0 Å². The van der Waals surface area contributed by atoms with Crippen LogP contribution in [0.1, 0.15) is 16.2 Å². The van der Waals surface area contributed by atoms with Crippen molar-refractivity contribution in [3.63, 3.8) is 0 Å². The van der Waals surface area contributed by atoms with Gasteiger partial charge in [-0.25, -0.2) is 0 Å². The molecule has 0 spiro atoms. The number of anilines is 1. The van der Waals surface area contributed by atoms with E-state index in [9.17, 15) is 4.79 Å². The van der Waals surface area contributed by atoms with Gasteiger partial charge >= 0.3 is 0 Å². The maximum Gasteiger partial charge on any atom is 0.283 e. The fraction of sp³-hybridized carbons (Fsp3) is 0.143. The molecule has 0 aliphatic carbocycles. The van der Waals surface area contributed by atoms with Crippen molar-refractivity contribution in [2.75, 3.05) is 5.73 Å². The first kappa shape index (κ1) is 13.9. The van der Waals surface area contributed by atoms with Crippen LogP contribution < -0.4 is 17.2 Å². The molecule has 0 aliphatic heterocycles. The van der Waals surface area contributed by atoms with Crippen LogP contribution in [0, 0.1) is 13.1 Å². The Morgan fingerprint density at radius 3 is 2.60 bits per heavy atom. The Kier molecular flexibility index (Phi) is 5.31. The topological polar surface area (TPSA) is 133 Å². The number of nitrogens with zero attached hydrogens (tertiary/aromatic N) is 3. The fourth-order valence-corrected chi connectivity index (χ4v) is 0.772. The van der Waals surface area contributed by atoms with Gasteiger partial charge in [-0.05, 0) is 18.4 Å². The first-order chi connectivity index (χ1) is 6.50. The molecule has 0 saturated carbocycles. The fourth-order valence-electron chi connectivity index (χ4n) is 0.772. The molecule has 15 heavy (non-hydrogen) atoms. The van der Waals surface area contributed by atoms with Crippen LogP contribution in [0.5, 0.6) is 0 Å². The molecule has 0 aromatic carbocycles. The van der Waals surface area contributed by atoms with Gasteiger partial charge in [-0.2, -0.15) is 4.99 Å². The van der Waals surface area contributed by atoms with E-state index in [1.807, 2.05) is 0 Å². The Hall–Kier alpha value is -1.08. The molecule has 0 fully saturated rings. The van der Waals surface area contributed by atoms with E-state index in [1.54, 1.807) is 6.92 Å². The van der Waals surface area contributed by atoms with Crippen LogP contribution >= 0.6 is 0 Å². The summed E-state index contributed by atoms with van der Waals surface area (Å²) >= 11 is 0. The minimum atomic E-state index is -0.716. The van der Waals surface area contributed by atoms with Gasteiger partial charge in [0.05, 0.1) is 5.69 Å². The molecule has 8 heteroatoms. The first-order valence-corrected chi connectivity index (χ1v) is 3.66. The Bertz CT molecular complexity index is 400. The number of hydrogen-bond acceptors (Lipinski definition) is 4. The van der Waals surface area contributed by atoms with Gasteiger partial charge in [0, 0.05) is 32.7 Å². The molecule has 0 atom stereocenters. The number of carbonyl (C=O) groups excluding carboxylic acids is 1. The minimum Gasteiger partial charge on any atom is -0.458 e. The average molecular weight is 282 g/mol. The summed E-state index contributed by atoms with van der Waals surface area (Å²) in [6.45, 7) is 1.62. The zero-order chi connectivity index (χ0) is 10.7. The van der Waals surface area contributed by atoms with Crippen molar-refractivity contribution in [1.29, 1.82) is 0 Å². The summed E-state index contributed by atoms with van der Waals surface area (Å²) in [7, 11) is 0. The summed E-state index contributed by atoms with van der Waals surface area (Å²) in [5.41, 5.74) is 15.8. The van der Waals surface area contributed by atoms with Crippen LogP contribution in [0.4, 0.5) is 5.82 Å². The van der Waals surface area contributed by atoms with Crippen molar-refractivity contribution in [2.45, 2.75) is 6.92 Å². The van der Waals surface area contributed by atoms with Gasteiger partial charge in [-0.15, -0.1) is 6.20 Å².